The predicted octanol–water partition coefficient (Wildman–Crippen LogP) is 1.91. The first-order valence-electron chi connectivity index (χ1n) is 9.36. The third kappa shape index (κ3) is 8.70. The smallest absolute Gasteiger partial charge is 0.379 e. The summed E-state index contributed by atoms with van der Waals surface area (Å²) in [7, 11) is 0. The number of aliphatic imine (C=N–C) groups is 1. The van der Waals surface area contributed by atoms with Crippen LogP contribution in [0.1, 0.15) is 27.2 Å². The van der Waals surface area contributed by atoms with Crippen molar-refractivity contribution in [2.45, 2.75) is 44.9 Å². The van der Waals surface area contributed by atoms with E-state index in [-0.39, 0.29) is 35.6 Å². The van der Waals surface area contributed by atoms with Crippen molar-refractivity contribution < 1.29 is 17.9 Å². The summed E-state index contributed by atoms with van der Waals surface area (Å²) in [5, 5.41) is 6.50. The minimum Gasteiger partial charge on any atom is -0.379 e. The molecule has 0 saturated carbocycles. The van der Waals surface area contributed by atoms with Crippen LogP contribution >= 0.6 is 24.0 Å². The lowest BCUT2D eigenvalue weighted by Gasteiger charge is -2.40. The van der Waals surface area contributed by atoms with Crippen LogP contribution < -0.4 is 10.6 Å². The monoisotopic (exact) mass is 507 g/mol. The predicted molar refractivity (Wildman–Crippen MR) is 112 cm³/mol. The molecule has 160 valence electrons. The van der Waals surface area contributed by atoms with Crippen molar-refractivity contribution >= 4 is 29.9 Å². The highest BCUT2D eigenvalue weighted by atomic mass is 127. The Balaban J connectivity index is 0.00000364. The van der Waals surface area contributed by atoms with Gasteiger partial charge in [0.25, 0.3) is 0 Å². The standard InChI is InChI=1S/C17H32F3N5O.HI/c1-4-21-15(22-12-16(2,3)25-7-9-26-10-8-25)23-14-5-6-24(11-14)13-17(18,19)20;/h14H,4-13H2,1-3H3,(H2,21,22,23);1H. The molecule has 1 unspecified atom stereocenters. The van der Waals surface area contributed by atoms with Gasteiger partial charge in [-0.25, -0.2) is 0 Å². The molecule has 0 spiro atoms. The lowest BCUT2D eigenvalue weighted by molar-refractivity contribution is -0.143. The van der Waals surface area contributed by atoms with Gasteiger partial charge in [-0.1, -0.05) is 0 Å². The molecule has 0 bridgehead atoms. The van der Waals surface area contributed by atoms with E-state index in [4.69, 9.17) is 9.73 Å². The Morgan fingerprint density at radius 3 is 2.44 bits per heavy atom. The van der Waals surface area contributed by atoms with Crippen molar-refractivity contribution in [3.05, 3.63) is 0 Å². The first kappa shape index (κ1) is 24.7. The summed E-state index contributed by atoms with van der Waals surface area (Å²) in [6, 6.07) is -0.0124. The van der Waals surface area contributed by atoms with Crippen LogP contribution in [0.25, 0.3) is 0 Å². The average molecular weight is 507 g/mol. The van der Waals surface area contributed by atoms with Crippen LogP contribution in [0.15, 0.2) is 4.99 Å². The minimum atomic E-state index is -4.14. The van der Waals surface area contributed by atoms with Gasteiger partial charge in [0.2, 0.25) is 0 Å². The maximum absolute atomic E-state index is 12.5. The zero-order chi connectivity index (χ0) is 19.2. The zero-order valence-corrected chi connectivity index (χ0v) is 18.8. The summed E-state index contributed by atoms with van der Waals surface area (Å²) in [5.41, 5.74) is -0.0931. The van der Waals surface area contributed by atoms with Crippen LogP contribution in [0.4, 0.5) is 13.2 Å². The second-order valence-corrected chi connectivity index (χ2v) is 7.59. The van der Waals surface area contributed by atoms with Crippen LogP contribution in [0.2, 0.25) is 0 Å². The second-order valence-electron chi connectivity index (χ2n) is 7.59. The third-order valence-corrected chi connectivity index (χ3v) is 4.85. The SMILES string of the molecule is CCNC(=NCC(C)(C)N1CCOCC1)NC1CCN(CC(F)(F)F)C1.I. The van der Waals surface area contributed by atoms with Gasteiger partial charge in [0.05, 0.1) is 26.3 Å². The van der Waals surface area contributed by atoms with Crippen LogP contribution in [0.5, 0.6) is 0 Å². The van der Waals surface area contributed by atoms with Crippen LogP contribution in [-0.4, -0.2) is 92.5 Å². The van der Waals surface area contributed by atoms with Gasteiger partial charge in [-0.3, -0.25) is 14.8 Å². The van der Waals surface area contributed by atoms with E-state index in [9.17, 15) is 13.2 Å². The van der Waals surface area contributed by atoms with Crippen LogP contribution in [0.3, 0.4) is 0 Å². The zero-order valence-electron chi connectivity index (χ0n) is 16.4. The quantitative estimate of drug-likeness (QED) is 0.327. The number of rotatable bonds is 6. The van der Waals surface area contributed by atoms with Crippen molar-refractivity contribution in [2.24, 2.45) is 4.99 Å². The topological polar surface area (TPSA) is 52.1 Å². The van der Waals surface area contributed by atoms with Gasteiger partial charge in [0.15, 0.2) is 5.96 Å². The van der Waals surface area contributed by atoms with E-state index >= 15 is 0 Å². The van der Waals surface area contributed by atoms with E-state index in [1.54, 1.807) is 0 Å². The van der Waals surface area contributed by atoms with E-state index in [0.29, 0.717) is 38.6 Å². The molecule has 10 heteroatoms. The largest absolute Gasteiger partial charge is 0.401 e. The summed E-state index contributed by atoms with van der Waals surface area (Å²) in [5.74, 6) is 0.674. The van der Waals surface area contributed by atoms with E-state index in [1.165, 1.54) is 4.90 Å². The normalized spacial score (nSPS) is 23.2. The number of halogens is 4. The summed E-state index contributed by atoms with van der Waals surface area (Å²) in [6.07, 6.45) is -3.46. The Labute approximate surface area is 177 Å². The van der Waals surface area contributed by atoms with Crippen molar-refractivity contribution in [3.8, 4) is 0 Å². The number of guanidine groups is 1. The maximum atomic E-state index is 12.5. The Bertz CT molecular complexity index is 470. The highest BCUT2D eigenvalue weighted by molar-refractivity contribution is 14.0. The molecule has 2 saturated heterocycles. The summed E-state index contributed by atoms with van der Waals surface area (Å²) in [4.78, 5) is 8.50. The fourth-order valence-electron chi connectivity index (χ4n) is 3.40. The van der Waals surface area contributed by atoms with Gasteiger partial charge in [0, 0.05) is 44.3 Å². The van der Waals surface area contributed by atoms with Crippen molar-refractivity contribution in [1.29, 1.82) is 0 Å². The average Bonchev–Trinajstić information content (AvgIpc) is 2.99. The molecule has 2 aliphatic rings. The van der Waals surface area contributed by atoms with E-state index in [1.807, 2.05) is 6.92 Å². The Hall–Kier alpha value is -0.330. The van der Waals surface area contributed by atoms with Gasteiger partial charge in [0.1, 0.15) is 0 Å². The second kappa shape index (κ2) is 11.0. The van der Waals surface area contributed by atoms with Gasteiger partial charge >= 0.3 is 6.18 Å². The number of nitrogens with one attached hydrogen (secondary N) is 2. The maximum Gasteiger partial charge on any atom is 0.401 e. The molecule has 2 N–H and O–H groups in total. The highest BCUT2D eigenvalue weighted by Crippen LogP contribution is 2.20. The van der Waals surface area contributed by atoms with Gasteiger partial charge in [-0.2, -0.15) is 13.2 Å². The highest BCUT2D eigenvalue weighted by Gasteiger charge is 2.34. The molecule has 27 heavy (non-hydrogen) atoms. The fourth-order valence-corrected chi connectivity index (χ4v) is 3.40. The molecule has 0 radical (unpaired) electrons. The van der Waals surface area contributed by atoms with Crippen LogP contribution in [0, 0.1) is 0 Å². The molecular formula is C17H33F3IN5O. The molecule has 2 rings (SSSR count). The molecule has 2 fully saturated rings. The lowest BCUT2D eigenvalue weighted by Crippen LogP contribution is -2.52. The molecule has 2 aliphatic heterocycles. The van der Waals surface area contributed by atoms with Crippen LogP contribution in [-0.2, 0) is 4.74 Å². The summed E-state index contributed by atoms with van der Waals surface area (Å²) < 4.78 is 43.0. The molecule has 2 heterocycles. The fraction of sp³-hybridized carbons (Fsp3) is 0.941. The molecule has 0 aromatic rings. The number of morpholine rings is 1. The number of ether oxygens (including phenoxy) is 1. The molecule has 6 nitrogen and oxygen atoms in total. The van der Waals surface area contributed by atoms with Crippen molar-refractivity contribution in [2.75, 3.05) is 59.0 Å². The van der Waals surface area contributed by atoms with Gasteiger partial charge < -0.3 is 15.4 Å². The van der Waals surface area contributed by atoms with E-state index in [2.05, 4.69) is 29.4 Å². The van der Waals surface area contributed by atoms with Gasteiger partial charge in [-0.05, 0) is 27.2 Å². The molecular weight excluding hydrogens is 474 g/mol. The van der Waals surface area contributed by atoms with E-state index in [0.717, 1.165) is 26.3 Å². The molecule has 0 amide bonds. The minimum absolute atomic E-state index is 0. The Morgan fingerprint density at radius 1 is 1.19 bits per heavy atom. The van der Waals surface area contributed by atoms with Crippen molar-refractivity contribution in [3.63, 3.8) is 0 Å². The number of hydrogen-bond donors (Lipinski definition) is 2. The summed E-state index contributed by atoms with van der Waals surface area (Å²) in [6.45, 7) is 10.9. The number of alkyl halides is 3. The number of likely N-dealkylation sites (tertiary alicyclic amines) is 1. The Morgan fingerprint density at radius 2 is 1.85 bits per heavy atom. The third-order valence-electron chi connectivity index (χ3n) is 4.85. The first-order chi connectivity index (χ1) is 12.2. The lowest BCUT2D eigenvalue weighted by atomic mass is 10.0. The van der Waals surface area contributed by atoms with Crippen molar-refractivity contribution in [1.82, 2.24) is 20.4 Å². The summed E-state index contributed by atoms with van der Waals surface area (Å²) >= 11 is 0. The molecule has 0 aromatic carbocycles. The molecule has 1 atom stereocenters. The Kier molecular flexibility index (Phi) is 10.1. The van der Waals surface area contributed by atoms with Gasteiger partial charge in [-0.15, -0.1) is 24.0 Å². The van der Waals surface area contributed by atoms with E-state index < -0.39 is 12.7 Å². The first-order valence-corrected chi connectivity index (χ1v) is 9.36. The molecule has 0 aliphatic carbocycles. The number of nitrogens with zero attached hydrogens (tertiary/aromatic N) is 3. The number of hydrogen-bond acceptors (Lipinski definition) is 4. The molecule has 0 aromatic heterocycles.